The molecule has 31 heavy (non-hydrogen) atoms. The van der Waals surface area contributed by atoms with Gasteiger partial charge in [-0.05, 0) is 79.1 Å². The summed E-state index contributed by atoms with van der Waals surface area (Å²) in [5.74, 6) is -0.618. The van der Waals surface area contributed by atoms with Crippen LogP contribution in [0.5, 0.6) is 0 Å². The topological polar surface area (TPSA) is 49.4 Å². The lowest BCUT2D eigenvalue weighted by atomic mass is 10.1. The second-order valence-corrected chi connectivity index (χ2v) is 8.81. The Morgan fingerprint density at radius 3 is 2.35 bits per heavy atom. The molecule has 0 radical (unpaired) electrons. The fraction of sp³-hybridized carbons (Fsp3) is 0.231. The van der Waals surface area contributed by atoms with E-state index in [4.69, 9.17) is 0 Å². The molecule has 0 spiro atoms. The highest BCUT2D eigenvalue weighted by Gasteiger charge is 2.40. The van der Waals surface area contributed by atoms with Gasteiger partial charge >= 0.3 is 0 Å². The van der Waals surface area contributed by atoms with Crippen LogP contribution < -0.4 is 10.2 Å². The van der Waals surface area contributed by atoms with Gasteiger partial charge in [0, 0.05) is 10.6 Å². The first-order valence-electron chi connectivity index (χ1n) is 10.6. The smallest absolute Gasteiger partial charge is 0.282 e. The number of imide groups is 1. The van der Waals surface area contributed by atoms with E-state index in [9.17, 15) is 9.59 Å². The fourth-order valence-electron chi connectivity index (χ4n) is 3.69. The maximum atomic E-state index is 13.4. The van der Waals surface area contributed by atoms with E-state index in [2.05, 4.69) is 12.2 Å². The molecule has 1 N–H and O–H groups in total. The van der Waals surface area contributed by atoms with Crippen LogP contribution in [0.15, 0.2) is 65.7 Å². The number of hydrogen-bond acceptors (Lipinski definition) is 4. The molecule has 4 rings (SSSR count). The maximum Gasteiger partial charge on any atom is 0.282 e. The zero-order valence-electron chi connectivity index (χ0n) is 18.1. The molecular formula is C26H26N2O2S. The standard InChI is InChI=1S/C26H26N2O2S/c1-4-5-7-19-10-13-21(14-11-19)28-25(29)23(22-8-6-15-31-22)24(26(28)30)27-20-12-9-17(2)18(3)16-20/h6,8-16,27H,4-5,7H2,1-3H3. The van der Waals surface area contributed by atoms with Gasteiger partial charge in [0.1, 0.15) is 5.70 Å². The summed E-state index contributed by atoms with van der Waals surface area (Å²) in [6.45, 7) is 6.24. The first kappa shape index (κ1) is 21.1. The molecule has 1 aliphatic rings. The van der Waals surface area contributed by atoms with Crippen molar-refractivity contribution in [2.75, 3.05) is 10.2 Å². The van der Waals surface area contributed by atoms with E-state index in [1.807, 2.05) is 73.8 Å². The highest BCUT2D eigenvalue weighted by atomic mass is 32.1. The van der Waals surface area contributed by atoms with E-state index in [1.165, 1.54) is 27.4 Å². The van der Waals surface area contributed by atoms with E-state index in [0.29, 0.717) is 17.0 Å². The summed E-state index contributed by atoms with van der Waals surface area (Å²) >= 11 is 1.46. The van der Waals surface area contributed by atoms with Crippen molar-refractivity contribution < 1.29 is 9.59 Å². The predicted octanol–water partition coefficient (Wildman–Crippen LogP) is 6.10. The van der Waals surface area contributed by atoms with Crippen molar-refractivity contribution in [1.82, 2.24) is 0 Å². The summed E-state index contributed by atoms with van der Waals surface area (Å²) in [5.41, 5.74) is 5.66. The number of nitrogens with zero attached hydrogens (tertiary/aromatic N) is 1. The molecule has 0 fully saturated rings. The van der Waals surface area contributed by atoms with Crippen LogP contribution in [0.1, 0.15) is 41.3 Å². The molecule has 0 unspecified atom stereocenters. The summed E-state index contributed by atoms with van der Waals surface area (Å²) < 4.78 is 0. The van der Waals surface area contributed by atoms with Crippen molar-refractivity contribution in [2.24, 2.45) is 0 Å². The van der Waals surface area contributed by atoms with Gasteiger partial charge < -0.3 is 5.32 Å². The van der Waals surface area contributed by atoms with Crippen LogP contribution in [0.2, 0.25) is 0 Å². The summed E-state index contributed by atoms with van der Waals surface area (Å²) in [6.07, 6.45) is 3.25. The van der Waals surface area contributed by atoms with Crippen molar-refractivity contribution in [3.8, 4) is 0 Å². The molecule has 0 atom stereocenters. The Hall–Kier alpha value is -3.18. The number of anilines is 2. The van der Waals surface area contributed by atoms with Gasteiger partial charge in [0.25, 0.3) is 11.8 Å². The van der Waals surface area contributed by atoms with Crippen LogP contribution in [-0.2, 0) is 16.0 Å². The molecule has 5 heteroatoms. The molecule has 0 bridgehead atoms. The van der Waals surface area contributed by atoms with Gasteiger partial charge in [-0.1, -0.05) is 37.6 Å². The number of rotatable bonds is 7. The molecular weight excluding hydrogens is 404 g/mol. The highest BCUT2D eigenvalue weighted by Crippen LogP contribution is 2.35. The van der Waals surface area contributed by atoms with Gasteiger partial charge in [0.2, 0.25) is 0 Å². The Morgan fingerprint density at radius 2 is 1.71 bits per heavy atom. The van der Waals surface area contributed by atoms with Crippen LogP contribution in [0.4, 0.5) is 11.4 Å². The zero-order chi connectivity index (χ0) is 22.0. The number of hydrogen-bond donors (Lipinski definition) is 1. The lowest BCUT2D eigenvalue weighted by Gasteiger charge is -2.16. The Morgan fingerprint density at radius 1 is 0.935 bits per heavy atom. The highest BCUT2D eigenvalue weighted by molar-refractivity contribution is 7.11. The molecule has 0 aliphatic carbocycles. The number of benzene rings is 2. The second kappa shape index (κ2) is 8.90. The van der Waals surface area contributed by atoms with Crippen LogP contribution in [0.3, 0.4) is 0 Å². The minimum atomic E-state index is -0.326. The minimum absolute atomic E-state index is 0.292. The van der Waals surface area contributed by atoms with E-state index in [0.717, 1.165) is 35.4 Å². The third-order valence-corrected chi connectivity index (χ3v) is 6.53. The van der Waals surface area contributed by atoms with Gasteiger partial charge in [0.05, 0.1) is 11.3 Å². The Bertz CT molecular complexity index is 1140. The lowest BCUT2D eigenvalue weighted by Crippen LogP contribution is -2.32. The Kier molecular flexibility index (Phi) is 6.05. The van der Waals surface area contributed by atoms with Crippen molar-refractivity contribution in [2.45, 2.75) is 40.0 Å². The summed E-state index contributed by atoms with van der Waals surface area (Å²) in [6, 6.07) is 17.5. The molecule has 2 aromatic carbocycles. The lowest BCUT2D eigenvalue weighted by molar-refractivity contribution is -0.120. The second-order valence-electron chi connectivity index (χ2n) is 7.87. The van der Waals surface area contributed by atoms with Crippen molar-refractivity contribution in [1.29, 1.82) is 0 Å². The molecule has 4 nitrogen and oxygen atoms in total. The molecule has 158 valence electrons. The van der Waals surface area contributed by atoms with E-state index in [-0.39, 0.29) is 11.8 Å². The van der Waals surface area contributed by atoms with Gasteiger partial charge in [-0.25, -0.2) is 4.90 Å². The van der Waals surface area contributed by atoms with E-state index >= 15 is 0 Å². The van der Waals surface area contributed by atoms with E-state index < -0.39 is 0 Å². The quantitative estimate of drug-likeness (QED) is 0.461. The van der Waals surface area contributed by atoms with Crippen molar-refractivity contribution >= 4 is 40.1 Å². The molecule has 1 aliphatic heterocycles. The number of carbonyl (C=O) groups is 2. The molecule has 0 saturated heterocycles. The summed E-state index contributed by atoms with van der Waals surface area (Å²) in [4.78, 5) is 28.9. The van der Waals surface area contributed by atoms with E-state index in [1.54, 1.807) is 0 Å². The monoisotopic (exact) mass is 430 g/mol. The molecule has 3 aromatic rings. The van der Waals surface area contributed by atoms with Crippen LogP contribution in [-0.4, -0.2) is 11.8 Å². The first-order valence-corrected chi connectivity index (χ1v) is 11.5. The minimum Gasteiger partial charge on any atom is -0.350 e. The average Bonchev–Trinajstić information content (AvgIpc) is 3.37. The third-order valence-electron chi connectivity index (χ3n) is 5.64. The number of thiophene rings is 1. The number of unbranched alkanes of at least 4 members (excludes halogenated alkanes) is 1. The first-order chi connectivity index (χ1) is 15.0. The Balaban J connectivity index is 1.70. The SMILES string of the molecule is CCCCc1ccc(N2C(=O)C(Nc3ccc(C)c(C)c3)=C(c3cccs3)C2=O)cc1. The molecule has 2 heterocycles. The summed E-state index contributed by atoms with van der Waals surface area (Å²) in [5, 5.41) is 5.16. The zero-order valence-corrected chi connectivity index (χ0v) is 18.9. The van der Waals surface area contributed by atoms with Crippen molar-refractivity contribution in [3.05, 3.63) is 87.2 Å². The molecule has 1 aromatic heterocycles. The molecule has 2 amide bonds. The summed E-state index contributed by atoms with van der Waals surface area (Å²) in [7, 11) is 0. The van der Waals surface area contributed by atoms with Crippen LogP contribution in [0, 0.1) is 13.8 Å². The normalized spacial score (nSPS) is 14.0. The van der Waals surface area contributed by atoms with Gasteiger partial charge in [-0.2, -0.15) is 0 Å². The number of nitrogens with one attached hydrogen (secondary N) is 1. The van der Waals surface area contributed by atoms with Crippen LogP contribution >= 0.6 is 11.3 Å². The maximum absolute atomic E-state index is 13.4. The number of aryl methyl sites for hydroxylation is 3. The van der Waals surface area contributed by atoms with Gasteiger partial charge in [-0.15, -0.1) is 11.3 Å². The predicted molar refractivity (Wildman–Crippen MR) is 128 cm³/mol. The largest absolute Gasteiger partial charge is 0.350 e. The third kappa shape index (κ3) is 4.19. The molecule has 0 saturated carbocycles. The number of amides is 2. The van der Waals surface area contributed by atoms with Gasteiger partial charge in [-0.3, -0.25) is 9.59 Å². The number of carbonyl (C=O) groups excluding carboxylic acids is 2. The fourth-order valence-corrected chi connectivity index (χ4v) is 4.45. The van der Waals surface area contributed by atoms with Crippen molar-refractivity contribution in [3.63, 3.8) is 0 Å². The van der Waals surface area contributed by atoms with Gasteiger partial charge in [0.15, 0.2) is 0 Å². The Labute approximate surface area is 187 Å². The van der Waals surface area contributed by atoms with Crippen LogP contribution in [0.25, 0.3) is 5.57 Å². The average molecular weight is 431 g/mol.